The highest BCUT2D eigenvalue weighted by Gasteiger charge is 2.31. The third-order valence-corrected chi connectivity index (χ3v) is 6.02. The van der Waals surface area contributed by atoms with Crippen molar-refractivity contribution in [2.45, 2.75) is 30.8 Å². The zero-order valence-electron chi connectivity index (χ0n) is 18.5. The number of allylic oxidation sites excluding steroid dienone is 1. The number of rotatable bonds is 9. The van der Waals surface area contributed by atoms with Crippen LogP contribution in [0.1, 0.15) is 34.7 Å². The number of amides is 2. The maximum atomic E-state index is 13.0. The lowest BCUT2D eigenvalue weighted by Crippen LogP contribution is -2.28. The normalized spacial score (nSPS) is 12.1. The van der Waals surface area contributed by atoms with E-state index in [1.807, 2.05) is 6.07 Å². The van der Waals surface area contributed by atoms with Crippen molar-refractivity contribution in [3.8, 4) is 0 Å². The number of nitrogens with zero attached hydrogens (tertiary/aromatic N) is 3. The van der Waals surface area contributed by atoms with Crippen molar-refractivity contribution in [3.05, 3.63) is 83.2 Å². The van der Waals surface area contributed by atoms with Gasteiger partial charge in [-0.1, -0.05) is 47.6 Å². The predicted octanol–water partition coefficient (Wildman–Crippen LogP) is 5.36. The van der Waals surface area contributed by atoms with E-state index in [1.54, 1.807) is 41.8 Å². The molecule has 0 aliphatic carbocycles. The van der Waals surface area contributed by atoms with Crippen LogP contribution in [0.2, 0.25) is 5.02 Å². The smallest absolute Gasteiger partial charge is 0.342 e. The number of alkyl halides is 3. The highest BCUT2D eigenvalue weighted by atomic mass is 35.5. The largest absolute Gasteiger partial charge is 0.416 e. The van der Waals surface area contributed by atoms with Crippen molar-refractivity contribution in [3.63, 3.8) is 0 Å². The summed E-state index contributed by atoms with van der Waals surface area (Å²) in [6.07, 6.45) is -2.95. The number of thioether (sulfide) groups is 1. The minimum absolute atomic E-state index is 0.0172. The summed E-state index contributed by atoms with van der Waals surface area (Å²) in [6.45, 7) is 5.78. The average Bonchev–Trinajstić information content (AvgIpc) is 3.22. The Kier molecular flexibility index (Phi) is 8.57. The van der Waals surface area contributed by atoms with Crippen LogP contribution >= 0.6 is 23.4 Å². The first kappa shape index (κ1) is 26.3. The van der Waals surface area contributed by atoms with Gasteiger partial charge in [0.05, 0.1) is 28.1 Å². The second-order valence-corrected chi connectivity index (χ2v) is 8.68. The maximum absolute atomic E-state index is 13.0. The van der Waals surface area contributed by atoms with Crippen molar-refractivity contribution in [2.75, 3.05) is 11.1 Å². The Labute approximate surface area is 208 Å². The first-order chi connectivity index (χ1) is 16.6. The third-order valence-electron chi connectivity index (χ3n) is 4.73. The molecular formula is C23H21ClF3N5O2S. The van der Waals surface area contributed by atoms with Crippen LogP contribution in [-0.4, -0.2) is 32.3 Å². The number of halogens is 4. The molecule has 1 aromatic heterocycles. The van der Waals surface area contributed by atoms with Crippen molar-refractivity contribution < 1.29 is 22.8 Å². The van der Waals surface area contributed by atoms with Crippen molar-refractivity contribution in [2.24, 2.45) is 0 Å². The van der Waals surface area contributed by atoms with Crippen LogP contribution in [0.5, 0.6) is 0 Å². The predicted molar refractivity (Wildman–Crippen MR) is 128 cm³/mol. The molecule has 2 N–H and O–H groups in total. The summed E-state index contributed by atoms with van der Waals surface area (Å²) in [5.41, 5.74) is -0.571. The van der Waals surface area contributed by atoms with Gasteiger partial charge in [0, 0.05) is 12.1 Å². The molecule has 35 heavy (non-hydrogen) atoms. The zero-order chi connectivity index (χ0) is 25.6. The Bertz CT molecular complexity index is 1220. The van der Waals surface area contributed by atoms with E-state index < -0.39 is 23.7 Å². The van der Waals surface area contributed by atoms with Gasteiger partial charge in [-0.05, 0) is 37.3 Å². The Morgan fingerprint density at radius 1 is 1.20 bits per heavy atom. The Balaban J connectivity index is 1.68. The van der Waals surface area contributed by atoms with E-state index in [2.05, 4.69) is 27.4 Å². The minimum atomic E-state index is -4.57. The topological polar surface area (TPSA) is 88.9 Å². The second-order valence-electron chi connectivity index (χ2n) is 7.33. The van der Waals surface area contributed by atoms with E-state index in [9.17, 15) is 22.8 Å². The molecular weight excluding hydrogens is 503 g/mol. The molecule has 0 spiro atoms. The number of nitrogens with one attached hydrogen (secondary N) is 2. The van der Waals surface area contributed by atoms with E-state index in [0.717, 1.165) is 30.0 Å². The monoisotopic (exact) mass is 523 g/mol. The number of anilines is 1. The molecule has 1 atom stereocenters. The van der Waals surface area contributed by atoms with Crippen molar-refractivity contribution in [1.29, 1.82) is 0 Å². The molecule has 0 saturated carbocycles. The van der Waals surface area contributed by atoms with Gasteiger partial charge in [0.25, 0.3) is 5.91 Å². The lowest BCUT2D eigenvalue weighted by Gasteiger charge is -2.15. The molecule has 0 fully saturated rings. The molecule has 184 valence electrons. The lowest BCUT2D eigenvalue weighted by atomic mass is 10.2. The van der Waals surface area contributed by atoms with Gasteiger partial charge in [-0.2, -0.15) is 13.2 Å². The molecule has 3 aromatic rings. The highest BCUT2D eigenvalue weighted by molar-refractivity contribution is 7.99. The molecule has 0 radical (unpaired) electrons. The molecule has 0 aliphatic rings. The summed E-state index contributed by atoms with van der Waals surface area (Å²) in [6, 6.07) is 10.9. The van der Waals surface area contributed by atoms with E-state index in [1.165, 1.54) is 0 Å². The van der Waals surface area contributed by atoms with Crippen molar-refractivity contribution in [1.82, 2.24) is 20.1 Å². The highest BCUT2D eigenvalue weighted by Crippen LogP contribution is 2.34. The van der Waals surface area contributed by atoms with Crippen LogP contribution in [0, 0.1) is 0 Å². The number of aromatic nitrogens is 3. The molecule has 0 unspecified atom stereocenters. The number of carbonyl (C=O) groups is 2. The van der Waals surface area contributed by atoms with Gasteiger partial charge in [0.2, 0.25) is 5.91 Å². The average molecular weight is 524 g/mol. The number of hydrogen-bond acceptors (Lipinski definition) is 5. The molecule has 0 bridgehead atoms. The maximum Gasteiger partial charge on any atom is 0.416 e. The summed E-state index contributed by atoms with van der Waals surface area (Å²) in [7, 11) is 0. The van der Waals surface area contributed by atoms with Gasteiger partial charge in [-0.15, -0.1) is 16.8 Å². The Hall–Kier alpha value is -3.31. The minimum Gasteiger partial charge on any atom is -0.342 e. The molecule has 0 saturated heterocycles. The lowest BCUT2D eigenvalue weighted by molar-refractivity contribution is -0.137. The summed E-state index contributed by atoms with van der Waals surface area (Å²) >= 11 is 6.97. The summed E-state index contributed by atoms with van der Waals surface area (Å²) in [5, 5.41) is 13.9. The van der Waals surface area contributed by atoms with Crippen molar-refractivity contribution >= 4 is 40.9 Å². The van der Waals surface area contributed by atoms with Crippen LogP contribution in [0.3, 0.4) is 0 Å². The molecule has 7 nitrogen and oxygen atoms in total. The van der Waals surface area contributed by atoms with Crippen LogP contribution in [-0.2, 0) is 17.5 Å². The SMILES string of the molecule is C=CCn1c(SCC(=O)Nc2cc(C(F)(F)F)ccc2Cl)nnc1[C@H](C)NC(=O)c1ccccc1. The van der Waals surface area contributed by atoms with Gasteiger partial charge < -0.3 is 15.2 Å². The Morgan fingerprint density at radius 3 is 2.57 bits per heavy atom. The summed E-state index contributed by atoms with van der Waals surface area (Å²) in [5.74, 6) is -0.556. The van der Waals surface area contributed by atoms with Crippen LogP contribution in [0.4, 0.5) is 18.9 Å². The Morgan fingerprint density at radius 2 is 1.91 bits per heavy atom. The van der Waals surface area contributed by atoms with E-state index >= 15 is 0 Å². The molecule has 12 heteroatoms. The van der Waals surface area contributed by atoms with E-state index in [0.29, 0.717) is 23.1 Å². The standard InChI is InChI=1S/C23H21ClF3N5O2S/c1-3-11-32-20(14(2)28-21(34)15-7-5-4-6-8-15)30-31-22(32)35-13-19(33)29-18-12-16(23(25,26)27)9-10-17(18)24/h3-10,12,14H,1,11,13H2,2H3,(H,28,34)(H,29,33)/t14-/m0/s1. The van der Waals surface area contributed by atoms with Gasteiger partial charge in [0.1, 0.15) is 0 Å². The fourth-order valence-electron chi connectivity index (χ4n) is 3.08. The van der Waals surface area contributed by atoms with Crippen LogP contribution < -0.4 is 10.6 Å². The van der Waals surface area contributed by atoms with E-state index in [4.69, 9.17) is 11.6 Å². The van der Waals surface area contributed by atoms with Gasteiger partial charge in [-0.3, -0.25) is 9.59 Å². The van der Waals surface area contributed by atoms with Gasteiger partial charge in [0.15, 0.2) is 11.0 Å². The molecule has 1 heterocycles. The molecule has 2 amide bonds. The second kappa shape index (κ2) is 11.4. The molecule has 0 aliphatic heterocycles. The van der Waals surface area contributed by atoms with Gasteiger partial charge in [-0.25, -0.2) is 0 Å². The van der Waals surface area contributed by atoms with Crippen LogP contribution in [0.25, 0.3) is 0 Å². The van der Waals surface area contributed by atoms with E-state index in [-0.39, 0.29) is 22.4 Å². The molecule has 2 aromatic carbocycles. The molecule has 3 rings (SSSR count). The first-order valence-electron chi connectivity index (χ1n) is 10.3. The van der Waals surface area contributed by atoms with Crippen LogP contribution in [0.15, 0.2) is 66.3 Å². The number of hydrogen-bond donors (Lipinski definition) is 2. The zero-order valence-corrected chi connectivity index (χ0v) is 20.0. The number of benzene rings is 2. The first-order valence-corrected chi connectivity index (χ1v) is 11.7. The summed E-state index contributed by atoms with van der Waals surface area (Å²) in [4.78, 5) is 24.9. The quantitative estimate of drug-likeness (QED) is 0.291. The number of carbonyl (C=O) groups excluding carboxylic acids is 2. The van der Waals surface area contributed by atoms with Gasteiger partial charge >= 0.3 is 6.18 Å². The fraction of sp³-hybridized carbons (Fsp3) is 0.217. The third kappa shape index (κ3) is 6.86. The fourth-order valence-corrected chi connectivity index (χ4v) is 4.00. The summed E-state index contributed by atoms with van der Waals surface area (Å²) < 4.78 is 40.6.